The Kier molecular flexibility index (Phi) is 2.96. The van der Waals surface area contributed by atoms with Crippen molar-refractivity contribution in [3.63, 3.8) is 0 Å². The molecule has 23 heavy (non-hydrogen) atoms. The summed E-state index contributed by atoms with van der Waals surface area (Å²) in [5.74, 6) is -1.91. The fraction of sp³-hybridized carbons (Fsp3) is 0.474. The van der Waals surface area contributed by atoms with E-state index < -0.39 is 17.8 Å². The van der Waals surface area contributed by atoms with E-state index in [4.69, 9.17) is 0 Å². The van der Waals surface area contributed by atoms with Crippen molar-refractivity contribution >= 4 is 17.6 Å². The van der Waals surface area contributed by atoms with Gasteiger partial charge in [-0.05, 0) is 61.1 Å². The molecular formula is C19H21NO3. The maximum Gasteiger partial charge on any atom is 0.307 e. The highest BCUT2D eigenvalue weighted by Gasteiger charge is 2.70. The van der Waals surface area contributed by atoms with Crippen LogP contribution >= 0.6 is 0 Å². The number of carbonyl (C=O) groups excluding carboxylic acids is 1. The second-order valence-electron chi connectivity index (χ2n) is 7.37. The normalized spacial score (nSPS) is 32.3. The van der Waals surface area contributed by atoms with Gasteiger partial charge in [0.15, 0.2) is 0 Å². The van der Waals surface area contributed by atoms with E-state index >= 15 is 0 Å². The predicted molar refractivity (Wildman–Crippen MR) is 86.9 cm³/mol. The summed E-state index contributed by atoms with van der Waals surface area (Å²) in [6.45, 7) is 3.93. The summed E-state index contributed by atoms with van der Waals surface area (Å²) in [6.07, 6.45) is 6.22. The summed E-state index contributed by atoms with van der Waals surface area (Å²) in [7, 11) is 0. The lowest BCUT2D eigenvalue weighted by atomic mass is 9.82. The second kappa shape index (κ2) is 4.70. The number of amides is 1. The van der Waals surface area contributed by atoms with E-state index in [1.165, 1.54) is 0 Å². The molecule has 0 unspecified atom stereocenters. The minimum absolute atomic E-state index is 0.0272. The number of nitrogens with one attached hydrogen (secondary N) is 1. The van der Waals surface area contributed by atoms with Gasteiger partial charge in [-0.3, -0.25) is 9.59 Å². The Morgan fingerprint density at radius 3 is 2.39 bits per heavy atom. The number of hydrogen-bond donors (Lipinski definition) is 2. The minimum atomic E-state index is -0.839. The van der Waals surface area contributed by atoms with Gasteiger partial charge >= 0.3 is 5.97 Å². The van der Waals surface area contributed by atoms with E-state index in [1.807, 2.05) is 38.1 Å². The highest BCUT2D eigenvalue weighted by Crippen LogP contribution is 2.72. The van der Waals surface area contributed by atoms with Crippen LogP contribution in [0.1, 0.15) is 24.0 Å². The molecule has 0 heterocycles. The number of aryl methyl sites for hydroxylation is 2. The number of aliphatic carboxylic acids is 1. The van der Waals surface area contributed by atoms with Crippen molar-refractivity contribution < 1.29 is 14.7 Å². The summed E-state index contributed by atoms with van der Waals surface area (Å²) in [6, 6.07) is 5.92. The summed E-state index contributed by atoms with van der Waals surface area (Å²) >= 11 is 0. The zero-order valence-corrected chi connectivity index (χ0v) is 13.4. The monoisotopic (exact) mass is 311 g/mol. The van der Waals surface area contributed by atoms with Crippen LogP contribution in [0.4, 0.5) is 5.69 Å². The summed E-state index contributed by atoms with van der Waals surface area (Å²) < 4.78 is 0. The third kappa shape index (κ3) is 1.97. The average Bonchev–Trinajstić information content (AvgIpc) is 3.16. The maximum atomic E-state index is 12.9. The van der Waals surface area contributed by atoms with E-state index in [0.717, 1.165) is 29.7 Å². The first kappa shape index (κ1) is 14.5. The first-order chi connectivity index (χ1) is 10.9. The zero-order valence-electron chi connectivity index (χ0n) is 13.4. The first-order valence-electron chi connectivity index (χ1n) is 8.23. The number of rotatable bonds is 3. The Morgan fingerprint density at radius 2 is 1.78 bits per heavy atom. The lowest BCUT2D eigenvalue weighted by molar-refractivity contribution is -0.146. The van der Waals surface area contributed by atoms with Crippen LogP contribution in [0.3, 0.4) is 0 Å². The molecular weight excluding hydrogens is 290 g/mol. The van der Waals surface area contributed by atoms with Crippen molar-refractivity contribution in [1.29, 1.82) is 0 Å². The second-order valence-corrected chi connectivity index (χ2v) is 7.37. The van der Waals surface area contributed by atoms with Crippen LogP contribution in [0.25, 0.3) is 0 Å². The van der Waals surface area contributed by atoms with Crippen molar-refractivity contribution in [2.24, 2.45) is 29.1 Å². The number of carbonyl (C=O) groups is 2. The molecule has 4 rings (SSSR count). The molecule has 0 aromatic heterocycles. The number of benzene rings is 1. The van der Waals surface area contributed by atoms with E-state index in [-0.39, 0.29) is 23.2 Å². The Morgan fingerprint density at radius 1 is 1.13 bits per heavy atom. The molecule has 3 aliphatic rings. The Balaban J connectivity index is 1.64. The molecule has 3 aliphatic carbocycles. The van der Waals surface area contributed by atoms with Gasteiger partial charge in [0.05, 0.1) is 11.8 Å². The molecule has 120 valence electrons. The Labute approximate surface area is 135 Å². The van der Waals surface area contributed by atoms with Crippen molar-refractivity contribution in [1.82, 2.24) is 0 Å². The maximum absolute atomic E-state index is 12.9. The molecule has 1 amide bonds. The van der Waals surface area contributed by atoms with Gasteiger partial charge in [-0.1, -0.05) is 24.3 Å². The quantitative estimate of drug-likeness (QED) is 0.843. The molecule has 1 aromatic rings. The van der Waals surface area contributed by atoms with Gasteiger partial charge in [0, 0.05) is 5.69 Å². The van der Waals surface area contributed by atoms with Gasteiger partial charge < -0.3 is 10.4 Å². The van der Waals surface area contributed by atoms with Crippen molar-refractivity contribution in [2.75, 3.05) is 5.32 Å². The lowest BCUT2D eigenvalue weighted by Crippen LogP contribution is -2.36. The fourth-order valence-corrected chi connectivity index (χ4v) is 4.78. The van der Waals surface area contributed by atoms with Crippen LogP contribution in [-0.4, -0.2) is 17.0 Å². The van der Waals surface area contributed by atoms with Crippen LogP contribution < -0.4 is 5.32 Å². The summed E-state index contributed by atoms with van der Waals surface area (Å²) in [5, 5.41) is 12.7. The smallest absolute Gasteiger partial charge is 0.307 e. The third-order valence-electron chi connectivity index (χ3n) is 6.08. The van der Waals surface area contributed by atoms with Crippen molar-refractivity contribution in [3.8, 4) is 0 Å². The predicted octanol–water partition coefficient (Wildman–Crippen LogP) is 3.15. The molecule has 2 saturated carbocycles. The Hall–Kier alpha value is -2.10. The van der Waals surface area contributed by atoms with Gasteiger partial charge in [-0.25, -0.2) is 0 Å². The highest BCUT2D eigenvalue weighted by molar-refractivity contribution is 5.97. The van der Waals surface area contributed by atoms with Crippen LogP contribution in [0.15, 0.2) is 30.4 Å². The number of carboxylic acids is 1. The molecule has 2 bridgehead atoms. The van der Waals surface area contributed by atoms with Crippen LogP contribution in [0.2, 0.25) is 0 Å². The molecule has 2 N–H and O–H groups in total. The van der Waals surface area contributed by atoms with Crippen LogP contribution in [-0.2, 0) is 9.59 Å². The van der Waals surface area contributed by atoms with E-state index in [9.17, 15) is 14.7 Å². The van der Waals surface area contributed by atoms with E-state index in [2.05, 4.69) is 11.4 Å². The summed E-state index contributed by atoms with van der Waals surface area (Å²) in [4.78, 5) is 24.7. The molecule has 1 aromatic carbocycles. The van der Waals surface area contributed by atoms with Crippen molar-refractivity contribution in [3.05, 3.63) is 41.5 Å². The van der Waals surface area contributed by atoms with Gasteiger partial charge in [0.1, 0.15) is 0 Å². The van der Waals surface area contributed by atoms with Gasteiger partial charge in [0.2, 0.25) is 5.91 Å². The van der Waals surface area contributed by atoms with E-state index in [1.54, 1.807) is 0 Å². The zero-order chi connectivity index (χ0) is 16.4. The molecule has 2 fully saturated rings. The lowest BCUT2D eigenvalue weighted by Gasteiger charge is -2.24. The fourth-order valence-electron chi connectivity index (χ4n) is 4.78. The SMILES string of the molecule is Cc1ccc(C)c(NC(=O)[C@H]2[C@@H](C(=O)O)[C@@H]3C=C[C@@H]2C32CC2)c1. The van der Waals surface area contributed by atoms with Crippen molar-refractivity contribution in [2.45, 2.75) is 26.7 Å². The van der Waals surface area contributed by atoms with Crippen LogP contribution in [0, 0.1) is 42.9 Å². The third-order valence-corrected chi connectivity index (χ3v) is 6.08. The van der Waals surface area contributed by atoms with Gasteiger partial charge in [-0.2, -0.15) is 0 Å². The van der Waals surface area contributed by atoms with Crippen LogP contribution in [0.5, 0.6) is 0 Å². The summed E-state index contributed by atoms with van der Waals surface area (Å²) in [5.41, 5.74) is 2.92. The molecule has 4 atom stereocenters. The molecule has 0 aliphatic heterocycles. The molecule has 0 radical (unpaired) electrons. The number of hydrogen-bond acceptors (Lipinski definition) is 2. The Bertz CT molecular complexity index is 732. The minimum Gasteiger partial charge on any atom is -0.481 e. The average molecular weight is 311 g/mol. The number of anilines is 1. The van der Waals surface area contributed by atoms with E-state index in [0.29, 0.717) is 0 Å². The van der Waals surface area contributed by atoms with Gasteiger partial charge in [0.25, 0.3) is 0 Å². The standard InChI is InChI=1S/C19H21NO3/c1-10-3-4-11(2)14(9-10)20-17(21)15-12-5-6-13(16(15)18(22)23)19(12)7-8-19/h3-6,9,12-13,15-16H,7-8H2,1-2H3,(H,20,21)(H,22,23)/t12-,13-,15+,16-/m0/s1. The number of carboxylic acid groups (broad SMARTS) is 1. The van der Waals surface area contributed by atoms with Gasteiger partial charge in [-0.15, -0.1) is 0 Å². The first-order valence-corrected chi connectivity index (χ1v) is 8.23. The highest BCUT2D eigenvalue weighted by atomic mass is 16.4. The largest absolute Gasteiger partial charge is 0.481 e. The number of allylic oxidation sites excluding steroid dienone is 2. The molecule has 4 nitrogen and oxygen atoms in total. The molecule has 4 heteroatoms. The molecule has 1 spiro atoms. The topological polar surface area (TPSA) is 66.4 Å². The molecule has 0 saturated heterocycles.